The van der Waals surface area contributed by atoms with Crippen molar-refractivity contribution in [2.24, 2.45) is 11.8 Å². The predicted octanol–water partition coefficient (Wildman–Crippen LogP) is 8.38. The highest BCUT2D eigenvalue weighted by molar-refractivity contribution is 5.87. The lowest BCUT2D eigenvalue weighted by Crippen LogP contribution is -2.52. The van der Waals surface area contributed by atoms with Gasteiger partial charge in [0.15, 0.2) is 0 Å². The normalized spacial score (nSPS) is 31.2. The number of carbonyl (C=O) groups excluding carboxylic acids is 1. The van der Waals surface area contributed by atoms with Crippen LogP contribution in [0.25, 0.3) is 0 Å². The van der Waals surface area contributed by atoms with E-state index in [1.54, 1.807) is 6.92 Å². The van der Waals surface area contributed by atoms with E-state index in [-0.39, 0.29) is 12.1 Å². The van der Waals surface area contributed by atoms with Crippen molar-refractivity contribution >= 4 is 5.97 Å². The molecule has 4 heteroatoms. The van der Waals surface area contributed by atoms with Crippen LogP contribution in [0.2, 0.25) is 0 Å². The Labute approximate surface area is 228 Å². The second-order valence-electron chi connectivity index (χ2n) is 13.3. The van der Waals surface area contributed by atoms with Gasteiger partial charge >= 0.3 is 5.97 Å². The molecule has 4 saturated carbocycles. The number of rotatable bonds is 11. The molecule has 0 aromatic rings. The first-order valence-electron chi connectivity index (χ1n) is 16.2. The molecule has 0 aliphatic heterocycles. The molecular weight excluding hydrogens is 458 g/mol. The molecule has 0 spiro atoms. The summed E-state index contributed by atoms with van der Waals surface area (Å²) < 4.78 is 11.4. The number of carbonyl (C=O) groups is 1. The summed E-state index contributed by atoms with van der Waals surface area (Å²) in [5.41, 5.74) is 0.451. The molecular formula is C33H57NO3. The average molecular weight is 516 g/mol. The van der Waals surface area contributed by atoms with Gasteiger partial charge in [-0.25, -0.2) is 4.79 Å². The van der Waals surface area contributed by atoms with Crippen LogP contribution >= 0.6 is 0 Å². The van der Waals surface area contributed by atoms with Gasteiger partial charge in [0.1, 0.15) is 6.10 Å². The summed E-state index contributed by atoms with van der Waals surface area (Å²) in [5.74, 6) is 1.54. The Balaban J connectivity index is 1.13. The molecule has 0 aromatic heterocycles. The van der Waals surface area contributed by atoms with E-state index in [1.807, 2.05) is 6.92 Å². The van der Waals surface area contributed by atoms with Crippen LogP contribution in [0.5, 0.6) is 0 Å². The van der Waals surface area contributed by atoms with Gasteiger partial charge in [-0.2, -0.15) is 0 Å². The molecule has 1 unspecified atom stereocenters. The van der Waals surface area contributed by atoms with Crippen molar-refractivity contribution in [1.82, 2.24) is 4.90 Å². The van der Waals surface area contributed by atoms with Gasteiger partial charge in [-0.15, -0.1) is 0 Å². The van der Waals surface area contributed by atoms with E-state index in [1.165, 1.54) is 116 Å². The van der Waals surface area contributed by atoms with Gasteiger partial charge in [0, 0.05) is 23.7 Å². The van der Waals surface area contributed by atoms with E-state index in [4.69, 9.17) is 9.47 Å². The maximum Gasteiger partial charge on any atom is 0.333 e. The Morgan fingerprint density at radius 2 is 1.19 bits per heavy atom. The first-order chi connectivity index (χ1) is 18.0. The molecule has 0 saturated heterocycles. The van der Waals surface area contributed by atoms with Crippen molar-refractivity contribution in [2.45, 2.75) is 173 Å². The lowest BCUT2D eigenvalue weighted by atomic mass is 9.77. The highest BCUT2D eigenvalue weighted by Crippen LogP contribution is 2.39. The number of hydrogen-bond donors (Lipinski definition) is 0. The number of nitrogens with zero attached hydrogens (tertiary/aromatic N) is 1. The highest BCUT2D eigenvalue weighted by Gasteiger charge is 2.36. The van der Waals surface area contributed by atoms with Crippen LogP contribution in [-0.4, -0.2) is 47.8 Å². The van der Waals surface area contributed by atoms with Crippen LogP contribution in [0.15, 0.2) is 12.2 Å². The number of hydrogen-bond acceptors (Lipinski definition) is 4. The molecule has 4 nitrogen and oxygen atoms in total. The minimum absolute atomic E-state index is 0.204. The van der Waals surface area contributed by atoms with Crippen LogP contribution in [-0.2, 0) is 14.3 Å². The number of ether oxygens (including phenoxy) is 2. The molecule has 4 aliphatic carbocycles. The Morgan fingerprint density at radius 1 is 0.730 bits per heavy atom. The first-order valence-corrected chi connectivity index (χ1v) is 16.2. The third kappa shape index (κ3) is 9.09. The lowest BCUT2D eigenvalue weighted by molar-refractivity contribution is -0.147. The summed E-state index contributed by atoms with van der Waals surface area (Å²) >= 11 is 0. The van der Waals surface area contributed by atoms with Crippen LogP contribution in [0.1, 0.15) is 142 Å². The van der Waals surface area contributed by atoms with Crippen LogP contribution in [0, 0.1) is 11.8 Å². The second-order valence-corrected chi connectivity index (χ2v) is 13.3. The van der Waals surface area contributed by atoms with E-state index >= 15 is 0 Å². The molecule has 4 fully saturated rings. The fourth-order valence-electron chi connectivity index (χ4n) is 8.03. The Hall–Kier alpha value is -0.870. The van der Waals surface area contributed by atoms with Crippen molar-refractivity contribution in [3.05, 3.63) is 12.2 Å². The van der Waals surface area contributed by atoms with Crippen LogP contribution in [0.3, 0.4) is 0 Å². The van der Waals surface area contributed by atoms with Gasteiger partial charge in [-0.1, -0.05) is 57.9 Å². The van der Waals surface area contributed by atoms with Crippen molar-refractivity contribution in [3.8, 4) is 0 Å². The van der Waals surface area contributed by atoms with Gasteiger partial charge < -0.3 is 9.47 Å². The zero-order valence-electron chi connectivity index (χ0n) is 24.3. The van der Waals surface area contributed by atoms with Gasteiger partial charge in [0.25, 0.3) is 0 Å². The Bertz CT molecular complexity index is 662. The molecule has 1 atom stereocenters. The highest BCUT2D eigenvalue weighted by atomic mass is 16.6. The molecule has 0 heterocycles. The van der Waals surface area contributed by atoms with Crippen LogP contribution < -0.4 is 0 Å². The van der Waals surface area contributed by atoms with Crippen molar-refractivity contribution in [2.75, 3.05) is 6.61 Å². The average Bonchev–Trinajstić information content (AvgIpc) is 2.93. The standard InChI is InChI=1S/C33H57NO3/c1-25(2)33(35)37-26(3)24-36-32-22-18-28(19-23-32)15-14-27-16-20-31(21-17-27)34(29-10-6-4-7-11-29)30-12-8-5-9-13-30/h26-32H,1,4-24H2,2-3H3. The zero-order chi connectivity index (χ0) is 26.0. The van der Waals surface area contributed by atoms with E-state index < -0.39 is 0 Å². The van der Waals surface area contributed by atoms with E-state index in [0.29, 0.717) is 18.3 Å². The third-order valence-electron chi connectivity index (χ3n) is 10.2. The zero-order valence-corrected chi connectivity index (χ0v) is 24.3. The molecule has 0 N–H and O–H groups in total. The molecule has 0 amide bonds. The summed E-state index contributed by atoms with van der Waals surface area (Å²) in [7, 11) is 0. The van der Waals surface area contributed by atoms with Crippen molar-refractivity contribution in [3.63, 3.8) is 0 Å². The van der Waals surface area contributed by atoms with Gasteiger partial charge in [0.2, 0.25) is 0 Å². The maximum absolute atomic E-state index is 11.7. The topological polar surface area (TPSA) is 38.8 Å². The van der Waals surface area contributed by atoms with Gasteiger partial charge in [-0.05, 0) is 103 Å². The summed E-state index contributed by atoms with van der Waals surface area (Å²) in [6, 6.07) is 2.68. The van der Waals surface area contributed by atoms with E-state index in [9.17, 15) is 4.79 Å². The largest absolute Gasteiger partial charge is 0.457 e. The SMILES string of the molecule is C=C(C)C(=O)OC(C)COC1CCC(CCC2CCC(N(C3CCCCC3)C3CCCCC3)CC2)CC1. The molecule has 4 aliphatic rings. The Morgan fingerprint density at radius 3 is 1.68 bits per heavy atom. The molecule has 212 valence electrons. The van der Waals surface area contributed by atoms with E-state index in [2.05, 4.69) is 11.5 Å². The summed E-state index contributed by atoms with van der Waals surface area (Å²) in [6.07, 6.45) is 28.5. The third-order valence-corrected chi connectivity index (χ3v) is 10.2. The maximum atomic E-state index is 11.7. The second kappa shape index (κ2) is 15.1. The quantitative estimate of drug-likeness (QED) is 0.205. The summed E-state index contributed by atoms with van der Waals surface area (Å²) in [5, 5.41) is 0. The number of esters is 1. The molecule has 0 aromatic carbocycles. The molecule has 4 rings (SSSR count). The van der Waals surface area contributed by atoms with Crippen LogP contribution in [0.4, 0.5) is 0 Å². The Kier molecular flexibility index (Phi) is 11.9. The predicted molar refractivity (Wildman–Crippen MR) is 153 cm³/mol. The van der Waals surface area contributed by atoms with E-state index in [0.717, 1.165) is 42.8 Å². The minimum atomic E-state index is -0.315. The summed E-state index contributed by atoms with van der Waals surface area (Å²) in [6.45, 7) is 7.74. The molecule has 37 heavy (non-hydrogen) atoms. The minimum Gasteiger partial charge on any atom is -0.457 e. The lowest BCUT2D eigenvalue weighted by Gasteiger charge is -2.48. The fourth-order valence-corrected chi connectivity index (χ4v) is 8.03. The van der Waals surface area contributed by atoms with Crippen molar-refractivity contribution in [1.29, 1.82) is 0 Å². The van der Waals surface area contributed by atoms with Gasteiger partial charge in [0.05, 0.1) is 12.7 Å². The molecule has 0 bridgehead atoms. The summed E-state index contributed by atoms with van der Waals surface area (Å²) in [4.78, 5) is 14.8. The first kappa shape index (κ1) is 29.1. The molecule has 0 radical (unpaired) electrons. The van der Waals surface area contributed by atoms with Gasteiger partial charge in [-0.3, -0.25) is 4.90 Å². The fraction of sp³-hybridized carbons (Fsp3) is 0.909. The monoisotopic (exact) mass is 515 g/mol. The van der Waals surface area contributed by atoms with Crippen molar-refractivity contribution < 1.29 is 14.3 Å². The smallest absolute Gasteiger partial charge is 0.333 e.